The van der Waals surface area contributed by atoms with Crippen LogP contribution in [0.15, 0.2) is 36.7 Å². The summed E-state index contributed by atoms with van der Waals surface area (Å²) < 4.78 is 7.16. The number of hydrogen-bond donors (Lipinski definition) is 0. The average Bonchev–Trinajstić information content (AvgIpc) is 3.26. The molecule has 3 heterocycles. The number of carbonyl (C=O) groups excluding carboxylic acids is 1. The molecule has 1 aromatic carbocycles. The fourth-order valence-electron chi connectivity index (χ4n) is 5.14. The number of amides is 1. The number of nitrogens with zero attached hydrogens (tertiary/aromatic N) is 4. The fraction of sp³-hybridized carbons (Fsp3) is 0.565. The normalized spacial score (nSPS) is 24.9. The minimum atomic E-state index is 0.0994. The monoisotopic (exact) mass is 394 g/mol. The van der Waals surface area contributed by atoms with Gasteiger partial charge in [0.2, 0.25) is 0 Å². The largest absolute Gasteiger partial charge is 0.494 e. The molecule has 6 nitrogen and oxygen atoms in total. The molecular weight excluding hydrogens is 364 g/mol. The van der Waals surface area contributed by atoms with Crippen molar-refractivity contribution in [2.75, 3.05) is 39.8 Å². The topological polar surface area (TPSA) is 50.6 Å². The summed E-state index contributed by atoms with van der Waals surface area (Å²) in [5.74, 6) is 1.78. The van der Waals surface area contributed by atoms with Crippen LogP contribution >= 0.6 is 0 Å². The third kappa shape index (κ3) is 3.78. The molecule has 3 fully saturated rings. The maximum absolute atomic E-state index is 13.2. The van der Waals surface area contributed by atoms with Crippen molar-refractivity contribution >= 4 is 5.91 Å². The van der Waals surface area contributed by atoms with Crippen molar-refractivity contribution in [3.63, 3.8) is 0 Å². The van der Waals surface area contributed by atoms with E-state index in [1.54, 1.807) is 18.0 Å². The summed E-state index contributed by atoms with van der Waals surface area (Å²) in [6, 6.07) is 7.72. The maximum Gasteiger partial charge on any atom is 0.257 e. The van der Waals surface area contributed by atoms with Crippen LogP contribution in [0, 0.1) is 11.3 Å². The molecule has 154 valence electrons. The molecule has 0 N–H and O–H groups in total. The number of aromatic nitrogens is 2. The van der Waals surface area contributed by atoms with Gasteiger partial charge in [0.05, 0.1) is 18.9 Å². The number of hydrogen-bond acceptors (Lipinski definition) is 4. The van der Waals surface area contributed by atoms with E-state index in [1.165, 1.54) is 38.8 Å². The molecule has 6 heteroatoms. The molecule has 1 aromatic heterocycles. The van der Waals surface area contributed by atoms with Gasteiger partial charge in [-0.25, -0.2) is 4.68 Å². The Morgan fingerprint density at radius 2 is 2.07 bits per heavy atom. The van der Waals surface area contributed by atoms with Crippen molar-refractivity contribution in [2.45, 2.75) is 32.1 Å². The highest BCUT2D eigenvalue weighted by Crippen LogP contribution is 2.41. The van der Waals surface area contributed by atoms with Crippen LogP contribution in [0.1, 0.15) is 42.5 Å². The van der Waals surface area contributed by atoms with E-state index in [0.717, 1.165) is 43.4 Å². The Morgan fingerprint density at radius 3 is 2.90 bits per heavy atom. The lowest BCUT2D eigenvalue weighted by Gasteiger charge is -2.40. The Hall–Kier alpha value is -2.34. The Balaban J connectivity index is 1.27. The molecule has 1 atom stereocenters. The van der Waals surface area contributed by atoms with E-state index in [-0.39, 0.29) is 5.91 Å². The molecule has 2 saturated heterocycles. The predicted octanol–water partition coefficient (Wildman–Crippen LogP) is 3.22. The third-order valence-electron chi connectivity index (χ3n) is 6.84. The molecule has 2 aliphatic heterocycles. The van der Waals surface area contributed by atoms with Crippen molar-refractivity contribution in [3.05, 3.63) is 42.2 Å². The van der Waals surface area contributed by atoms with E-state index in [2.05, 4.69) is 10.00 Å². The molecule has 1 saturated carbocycles. The van der Waals surface area contributed by atoms with Crippen molar-refractivity contribution < 1.29 is 9.53 Å². The lowest BCUT2D eigenvalue weighted by Crippen LogP contribution is -2.46. The van der Waals surface area contributed by atoms with Gasteiger partial charge in [0.1, 0.15) is 11.4 Å². The SMILES string of the molecule is COc1ccccc1-n1cc(C(=O)N2CC[C@@]3(CCCN(CC4CC4)C3)C2)cn1. The Morgan fingerprint density at radius 1 is 1.21 bits per heavy atom. The third-order valence-corrected chi connectivity index (χ3v) is 6.84. The molecule has 0 radical (unpaired) electrons. The Bertz CT molecular complexity index is 891. The van der Waals surface area contributed by atoms with Crippen LogP contribution in [-0.2, 0) is 0 Å². The highest BCUT2D eigenvalue weighted by molar-refractivity contribution is 5.94. The van der Waals surface area contributed by atoms with Crippen LogP contribution in [-0.4, -0.2) is 65.3 Å². The van der Waals surface area contributed by atoms with Crippen LogP contribution in [0.5, 0.6) is 5.75 Å². The first-order valence-corrected chi connectivity index (χ1v) is 10.9. The number of likely N-dealkylation sites (tertiary alicyclic amines) is 2. The molecule has 29 heavy (non-hydrogen) atoms. The smallest absolute Gasteiger partial charge is 0.257 e. The fourth-order valence-corrected chi connectivity index (χ4v) is 5.14. The second kappa shape index (κ2) is 7.48. The Labute approximate surface area is 172 Å². The molecule has 1 aliphatic carbocycles. The summed E-state index contributed by atoms with van der Waals surface area (Å²) >= 11 is 0. The van der Waals surface area contributed by atoms with Crippen molar-refractivity contribution in [3.8, 4) is 11.4 Å². The summed E-state index contributed by atoms with van der Waals surface area (Å²) in [7, 11) is 1.65. The van der Waals surface area contributed by atoms with Gasteiger partial charge in [-0.15, -0.1) is 0 Å². The van der Waals surface area contributed by atoms with Gasteiger partial charge in [0.25, 0.3) is 5.91 Å². The van der Waals surface area contributed by atoms with E-state index in [0.29, 0.717) is 11.0 Å². The zero-order valence-electron chi connectivity index (χ0n) is 17.2. The van der Waals surface area contributed by atoms with Gasteiger partial charge < -0.3 is 14.5 Å². The Kier molecular flexibility index (Phi) is 4.82. The van der Waals surface area contributed by atoms with Gasteiger partial charge in [-0.2, -0.15) is 5.10 Å². The number of piperidine rings is 1. The van der Waals surface area contributed by atoms with E-state index in [4.69, 9.17) is 4.74 Å². The van der Waals surface area contributed by atoms with Gasteiger partial charge in [-0.05, 0) is 56.7 Å². The van der Waals surface area contributed by atoms with Gasteiger partial charge >= 0.3 is 0 Å². The van der Waals surface area contributed by atoms with Crippen LogP contribution in [0.3, 0.4) is 0 Å². The van der Waals surface area contributed by atoms with E-state index < -0.39 is 0 Å². The number of benzene rings is 1. The lowest BCUT2D eigenvalue weighted by atomic mass is 9.79. The number of ether oxygens (including phenoxy) is 1. The van der Waals surface area contributed by atoms with Gasteiger partial charge in [0.15, 0.2) is 0 Å². The van der Waals surface area contributed by atoms with E-state index >= 15 is 0 Å². The summed E-state index contributed by atoms with van der Waals surface area (Å²) in [6.45, 7) is 5.40. The first kappa shape index (κ1) is 18.7. The molecule has 2 aromatic rings. The van der Waals surface area contributed by atoms with Crippen molar-refractivity contribution in [1.29, 1.82) is 0 Å². The van der Waals surface area contributed by atoms with Crippen LogP contribution in [0.4, 0.5) is 0 Å². The average molecular weight is 395 g/mol. The molecule has 3 aliphatic rings. The first-order valence-electron chi connectivity index (χ1n) is 10.9. The molecule has 1 amide bonds. The van der Waals surface area contributed by atoms with Crippen LogP contribution in [0.2, 0.25) is 0 Å². The summed E-state index contributed by atoms with van der Waals surface area (Å²) in [6.07, 6.45) is 9.96. The van der Waals surface area contributed by atoms with Crippen molar-refractivity contribution in [1.82, 2.24) is 19.6 Å². The maximum atomic E-state index is 13.2. The number of carbonyl (C=O) groups is 1. The quantitative estimate of drug-likeness (QED) is 0.781. The summed E-state index contributed by atoms with van der Waals surface area (Å²) in [5.41, 5.74) is 1.79. The number of para-hydroxylation sites is 2. The number of rotatable bonds is 5. The minimum absolute atomic E-state index is 0.0994. The van der Waals surface area contributed by atoms with E-state index in [1.807, 2.05) is 35.4 Å². The molecular formula is C23H30N4O2. The molecule has 0 unspecified atom stereocenters. The molecule has 0 bridgehead atoms. The van der Waals surface area contributed by atoms with Gasteiger partial charge in [0, 0.05) is 37.8 Å². The molecule has 1 spiro atoms. The zero-order chi connectivity index (χ0) is 19.8. The standard InChI is InChI=1S/C23H30N4O2/c1-29-21-6-3-2-5-20(21)27-15-19(13-24-27)22(28)26-12-10-23(17-26)9-4-11-25(16-23)14-18-7-8-18/h2-3,5-6,13,15,18H,4,7-12,14,16-17H2,1H3/t23-/m1/s1. The van der Waals surface area contributed by atoms with Gasteiger partial charge in [-0.3, -0.25) is 4.79 Å². The summed E-state index contributed by atoms with van der Waals surface area (Å²) in [5, 5.41) is 4.42. The van der Waals surface area contributed by atoms with Crippen LogP contribution in [0.25, 0.3) is 5.69 Å². The first-order chi connectivity index (χ1) is 14.2. The van der Waals surface area contributed by atoms with Gasteiger partial charge in [-0.1, -0.05) is 12.1 Å². The lowest BCUT2D eigenvalue weighted by molar-refractivity contribution is 0.0681. The van der Waals surface area contributed by atoms with Crippen LogP contribution < -0.4 is 4.74 Å². The predicted molar refractivity (Wildman–Crippen MR) is 111 cm³/mol. The molecule has 5 rings (SSSR count). The van der Waals surface area contributed by atoms with E-state index in [9.17, 15) is 4.79 Å². The second-order valence-electron chi connectivity index (χ2n) is 9.10. The highest BCUT2D eigenvalue weighted by atomic mass is 16.5. The zero-order valence-corrected chi connectivity index (χ0v) is 17.2. The number of methoxy groups -OCH3 is 1. The highest BCUT2D eigenvalue weighted by Gasteiger charge is 2.43. The summed E-state index contributed by atoms with van der Waals surface area (Å²) in [4.78, 5) is 17.9. The minimum Gasteiger partial charge on any atom is -0.494 e. The second-order valence-corrected chi connectivity index (χ2v) is 9.10. The van der Waals surface area contributed by atoms with Crippen molar-refractivity contribution in [2.24, 2.45) is 11.3 Å².